The second-order valence-electron chi connectivity index (χ2n) is 9.53. The molecule has 4 aromatic rings. The Morgan fingerprint density at radius 1 is 1.22 bits per heavy atom. The molecule has 0 spiro atoms. The molecule has 0 unspecified atom stereocenters. The molecular weight excluding hydrogens is 472 g/mol. The van der Waals surface area contributed by atoms with Crippen LogP contribution >= 0.6 is 0 Å². The number of pyridine rings is 1. The summed E-state index contributed by atoms with van der Waals surface area (Å²) >= 11 is 0. The minimum Gasteiger partial charge on any atom is -0.492 e. The lowest BCUT2D eigenvalue weighted by molar-refractivity contribution is -0.122. The van der Waals surface area contributed by atoms with Crippen molar-refractivity contribution in [1.29, 1.82) is 0 Å². The number of fused-ring (bicyclic) bond motifs is 2. The lowest BCUT2D eigenvalue weighted by Gasteiger charge is -2.26. The van der Waals surface area contributed by atoms with E-state index in [4.69, 9.17) is 14.5 Å². The third kappa shape index (κ3) is 5.81. The van der Waals surface area contributed by atoms with Crippen molar-refractivity contribution in [3.8, 4) is 17.1 Å². The number of H-pyrrole nitrogens is 1. The van der Waals surface area contributed by atoms with Gasteiger partial charge in [0.15, 0.2) is 5.65 Å². The smallest absolute Gasteiger partial charge is 0.263 e. The molecular formula is C27H32N6O4. The summed E-state index contributed by atoms with van der Waals surface area (Å²) in [4.78, 5) is 41.0. The Morgan fingerprint density at radius 2 is 2.05 bits per heavy atom. The zero-order valence-electron chi connectivity index (χ0n) is 21.2. The van der Waals surface area contributed by atoms with E-state index in [0.29, 0.717) is 29.2 Å². The molecule has 0 aliphatic carbocycles. The normalized spacial score (nSPS) is 14.5. The van der Waals surface area contributed by atoms with Crippen molar-refractivity contribution in [1.82, 2.24) is 29.7 Å². The van der Waals surface area contributed by atoms with E-state index >= 15 is 0 Å². The van der Waals surface area contributed by atoms with E-state index in [1.165, 1.54) is 4.57 Å². The number of carbonyl (C=O) groups is 1. The van der Waals surface area contributed by atoms with Crippen LogP contribution in [-0.4, -0.2) is 75.8 Å². The van der Waals surface area contributed by atoms with Crippen LogP contribution < -0.4 is 15.6 Å². The lowest BCUT2D eigenvalue weighted by atomic mass is 10.1. The third-order valence-electron chi connectivity index (χ3n) is 6.34. The van der Waals surface area contributed by atoms with Crippen molar-refractivity contribution in [2.75, 3.05) is 39.5 Å². The average molecular weight is 505 g/mol. The highest BCUT2D eigenvalue weighted by Gasteiger charge is 2.18. The highest BCUT2D eigenvalue weighted by molar-refractivity contribution is 5.85. The molecule has 1 aliphatic heterocycles. The first-order valence-corrected chi connectivity index (χ1v) is 12.7. The number of hydrogen-bond acceptors (Lipinski definition) is 7. The highest BCUT2D eigenvalue weighted by atomic mass is 16.5. The van der Waals surface area contributed by atoms with Crippen LogP contribution in [0.1, 0.15) is 20.3 Å². The Morgan fingerprint density at radius 3 is 2.86 bits per heavy atom. The van der Waals surface area contributed by atoms with Crippen LogP contribution in [0.4, 0.5) is 0 Å². The summed E-state index contributed by atoms with van der Waals surface area (Å²) in [6, 6.07) is 9.37. The third-order valence-corrected chi connectivity index (χ3v) is 6.34. The fourth-order valence-corrected chi connectivity index (χ4v) is 4.53. The first-order valence-electron chi connectivity index (χ1n) is 12.7. The lowest BCUT2D eigenvalue weighted by Crippen LogP contribution is -2.37. The molecule has 5 rings (SSSR count). The van der Waals surface area contributed by atoms with Gasteiger partial charge >= 0.3 is 0 Å². The average Bonchev–Trinajstić information content (AvgIpc) is 3.36. The van der Waals surface area contributed by atoms with E-state index < -0.39 is 0 Å². The minimum atomic E-state index is -0.336. The molecule has 1 amide bonds. The van der Waals surface area contributed by atoms with Crippen molar-refractivity contribution >= 4 is 27.8 Å². The topological polar surface area (TPSA) is 114 Å². The molecule has 0 bridgehead atoms. The van der Waals surface area contributed by atoms with E-state index in [1.807, 2.05) is 44.3 Å². The van der Waals surface area contributed by atoms with Gasteiger partial charge in [0.2, 0.25) is 5.91 Å². The molecule has 3 aromatic heterocycles. The number of nitrogens with one attached hydrogen (secondary N) is 2. The van der Waals surface area contributed by atoms with E-state index in [9.17, 15) is 9.59 Å². The SMILES string of the molecule is CC(C)NC(=O)Cn1c(-c2ccc3cc[nH]c3c2)nc2ncc(OCCCN3CCOCC3)cc2c1=O. The standard InChI is InChI=1S/C27H32N6O4/c1-18(2)30-24(34)17-33-26(20-5-4-19-6-7-28-23(19)14-20)31-25-22(27(33)35)15-21(16-29-25)37-11-3-8-32-9-12-36-13-10-32/h4-7,14-16,18,28H,3,8-13,17H2,1-2H3,(H,30,34). The van der Waals surface area contributed by atoms with E-state index in [-0.39, 0.29) is 24.1 Å². The van der Waals surface area contributed by atoms with Gasteiger partial charge in [-0.15, -0.1) is 0 Å². The summed E-state index contributed by atoms with van der Waals surface area (Å²) in [6.07, 6.45) is 4.31. The van der Waals surface area contributed by atoms with Crippen LogP contribution in [0.15, 0.2) is 47.5 Å². The number of ether oxygens (including phenoxy) is 2. The Labute approximate surface area is 214 Å². The summed E-state index contributed by atoms with van der Waals surface area (Å²) in [5, 5.41) is 4.22. The molecule has 1 aromatic carbocycles. The van der Waals surface area contributed by atoms with Gasteiger partial charge in [-0.25, -0.2) is 9.97 Å². The molecule has 10 nitrogen and oxygen atoms in total. The zero-order chi connectivity index (χ0) is 25.8. The first-order chi connectivity index (χ1) is 18.0. The number of aromatic nitrogens is 4. The van der Waals surface area contributed by atoms with Crippen molar-refractivity contribution in [2.45, 2.75) is 32.9 Å². The predicted molar refractivity (Wildman–Crippen MR) is 142 cm³/mol. The van der Waals surface area contributed by atoms with E-state index in [1.54, 1.807) is 12.3 Å². The summed E-state index contributed by atoms with van der Waals surface area (Å²) < 4.78 is 12.7. The van der Waals surface area contributed by atoms with Gasteiger partial charge in [0.05, 0.1) is 31.4 Å². The number of aromatic amines is 1. The van der Waals surface area contributed by atoms with Gasteiger partial charge in [-0.2, -0.15) is 0 Å². The Bertz CT molecular complexity index is 1450. The van der Waals surface area contributed by atoms with Crippen LogP contribution in [0.3, 0.4) is 0 Å². The second-order valence-corrected chi connectivity index (χ2v) is 9.53. The maximum Gasteiger partial charge on any atom is 0.263 e. The quantitative estimate of drug-likeness (QED) is 0.337. The van der Waals surface area contributed by atoms with Crippen LogP contribution in [0, 0.1) is 0 Å². The second kappa shape index (κ2) is 11.1. The number of hydrogen-bond donors (Lipinski definition) is 2. The zero-order valence-corrected chi connectivity index (χ0v) is 21.2. The Kier molecular flexibility index (Phi) is 7.47. The van der Waals surface area contributed by atoms with Gasteiger partial charge in [-0.3, -0.25) is 19.1 Å². The number of amides is 1. The number of benzene rings is 1. The molecule has 0 atom stereocenters. The largest absolute Gasteiger partial charge is 0.492 e. The molecule has 1 fully saturated rings. The summed E-state index contributed by atoms with van der Waals surface area (Å²) in [7, 11) is 0. The van der Waals surface area contributed by atoms with E-state index in [0.717, 1.165) is 55.7 Å². The van der Waals surface area contributed by atoms with E-state index in [2.05, 4.69) is 20.2 Å². The summed E-state index contributed by atoms with van der Waals surface area (Å²) in [6.45, 7) is 8.46. The maximum atomic E-state index is 13.7. The predicted octanol–water partition coefficient (Wildman–Crippen LogP) is 2.57. The van der Waals surface area contributed by atoms with Crippen molar-refractivity contribution < 1.29 is 14.3 Å². The molecule has 0 radical (unpaired) electrons. The summed E-state index contributed by atoms with van der Waals surface area (Å²) in [5.41, 5.74) is 1.61. The monoisotopic (exact) mass is 504 g/mol. The molecule has 37 heavy (non-hydrogen) atoms. The van der Waals surface area contributed by atoms with Crippen molar-refractivity contribution in [2.24, 2.45) is 0 Å². The minimum absolute atomic E-state index is 0.0468. The molecule has 4 heterocycles. The van der Waals surface area contributed by atoms with Crippen LogP contribution in [0.25, 0.3) is 33.3 Å². The fraction of sp³-hybridized carbons (Fsp3) is 0.407. The molecule has 1 saturated heterocycles. The van der Waals surface area contributed by atoms with Gasteiger partial charge < -0.3 is 19.8 Å². The van der Waals surface area contributed by atoms with Crippen LogP contribution in [-0.2, 0) is 16.1 Å². The number of morpholine rings is 1. The van der Waals surface area contributed by atoms with Crippen LogP contribution in [0.5, 0.6) is 5.75 Å². The van der Waals surface area contributed by atoms with Crippen molar-refractivity contribution in [3.05, 3.63) is 53.1 Å². The molecule has 0 saturated carbocycles. The molecule has 194 valence electrons. The van der Waals surface area contributed by atoms with Gasteiger partial charge in [-0.1, -0.05) is 12.1 Å². The number of carbonyl (C=O) groups excluding carboxylic acids is 1. The maximum absolute atomic E-state index is 13.7. The molecule has 1 aliphatic rings. The van der Waals surface area contributed by atoms with Gasteiger partial charge in [-0.05, 0) is 43.9 Å². The van der Waals surface area contributed by atoms with Crippen molar-refractivity contribution in [3.63, 3.8) is 0 Å². The number of nitrogens with zero attached hydrogens (tertiary/aromatic N) is 4. The molecule has 10 heteroatoms. The highest BCUT2D eigenvalue weighted by Crippen LogP contribution is 2.24. The summed E-state index contributed by atoms with van der Waals surface area (Å²) in [5.74, 6) is 0.635. The van der Waals surface area contributed by atoms with Gasteiger partial charge in [0, 0.05) is 43.0 Å². The Balaban J connectivity index is 1.44. The number of rotatable bonds is 9. The Hall–Kier alpha value is -3.76. The first kappa shape index (κ1) is 24.9. The van der Waals surface area contributed by atoms with Gasteiger partial charge in [0.25, 0.3) is 5.56 Å². The fourth-order valence-electron chi connectivity index (χ4n) is 4.53. The van der Waals surface area contributed by atoms with Crippen LogP contribution in [0.2, 0.25) is 0 Å². The van der Waals surface area contributed by atoms with Gasteiger partial charge in [0.1, 0.15) is 18.1 Å². The molecule has 2 N–H and O–H groups in total.